The minimum atomic E-state index is 0.231. The van der Waals surface area contributed by atoms with Crippen LogP contribution in [0, 0.1) is 11.8 Å². The van der Waals surface area contributed by atoms with Crippen LogP contribution in [-0.4, -0.2) is 22.8 Å². The number of hydrogen-bond acceptors (Lipinski definition) is 2. The normalized spacial score (nSPS) is 13.2. The van der Waals surface area contributed by atoms with E-state index in [1.807, 2.05) is 0 Å². The van der Waals surface area contributed by atoms with Crippen LogP contribution in [0.15, 0.2) is 30.5 Å². The molecule has 0 fully saturated rings. The molecule has 1 aromatic heterocycles. The molecule has 110 valence electrons. The highest BCUT2D eigenvalue weighted by molar-refractivity contribution is 5.80. The molecule has 0 saturated carbocycles. The van der Waals surface area contributed by atoms with Crippen molar-refractivity contribution in [1.82, 2.24) is 9.88 Å². The fraction of sp³-hybridized carbons (Fsp3) is 0.529. The Balaban J connectivity index is 2.12. The van der Waals surface area contributed by atoms with E-state index in [1.165, 1.54) is 16.5 Å². The molecule has 3 heteroatoms. The largest absolute Gasteiger partial charge is 0.396 e. The monoisotopic (exact) mass is 274 g/mol. The Morgan fingerprint density at radius 3 is 2.70 bits per heavy atom. The number of aliphatic hydroxyl groups is 1. The predicted molar refractivity (Wildman–Crippen MR) is 84.7 cm³/mol. The molecule has 0 spiro atoms. The first-order valence-corrected chi connectivity index (χ1v) is 7.49. The molecule has 1 heterocycles. The van der Waals surface area contributed by atoms with Crippen LogP contribution >= 0.6 is 0 Å². The maximum Gasteiger partial charge on any atom is 0.0483 e. The van der Waals surface area contributed by atoms with Gasteiger partial charge in [0, 0.05) is 31.4 Å². The fourth-order valence-corrected chi connectivity index (χ4v) is 2.40. The summed E-state index contributed by atoms with van der Waals surface area (Å²) in [5, 5.41) is 14.0. The zero-order chi connectivity index (χ0) is 14.5. The minimum Gasteiger partial charge on any atom is -0.396 e. The van der Waals surface area contributed by atoms with E-state index < -0.39 is 0 Å². The zero-order valence-electron chi connectivity index (χ0n) is 12.8. The fourth-order valence-electron chi connectivity index (χ4n) is 2.40. The van der Waals surface area contributed by atoms with Crippen molar-refractivity contribution in [2.24, 2.45) is 11.8 Å². The second-order valence-corrected chi connectivity index (χ2v) is 6.17. The first kappa shape index (κ1) is 15.1. The average Bonchev–Trinajstić information content (AvgIpc) is 2.81. The Morgan fingerprint density at radius 1 is 1.20 bits per heavy atom. The van der Waals surface area contributed by atoms with Gasteiger partial charge in [0.25, 0.3) is 0 Å². The van der Waals surface area contributed by atoms with Crippen LogP contribution < -0.4 is 5.32 Å². The summed E-state index contributed by atoms with van der Waals surface area (Å²) in [7, 11) is 0. The molecule has 2 N–H and O–H groups in total. The van der Waals surface area contributed by atoms with Crippen LogP contribution in [0.5, 0.6) is 0 Å². The van der Waals surface area contributed by atoms with Crippen molar-refractivity contribution < 1.29 is 5.11 Å². The van der Waals surface area contributed by atoms with E-state index in [9.17, 15) is 5.11 Å². The Morgan fingerprint density at radius 2 is 2.00 bits per heavy atom. The third-order valence-corrected chi connectivity index (χ3v) is 3.54. The van der Waals surface area contributed by atoms with E-state index in [2.05, 4.69) is 61.1 Å². The quantitative estimate of drug-likeness (QED) is 0.814. The van der Waals surface area contributed by atoms with E-state index in [0.717, 1.165) is 19.6 Å². The van der Waals surface area contributed by atoms with Crippen molar-refractivity contribution in [3.63, 3.8) is 0 Å². The molecule has 2 aromatic rings. The van der Waals surface area contributed by atoms with E-state index in [4.69, 9.17) is 0 Å². The molecule has 0 bridgehead atoms. The third-order valence-electron chi connectivity index (χ3n) is 3.54. The molecule has 0 aliphatic rings. The number of benzene rings is 1. The lowest BCUT2D eigenvalue weighted by molar-refractivity contribution is 0.224. The Hall–Kier alpha value is -1.32. The van der Waals surface area contributed by atoms with Crippen LogP contribution in [0.25, 0.3) is 10.9 Å². The molecule has 3 nitrogen and oxygen atoms in total. The minimum absolute atomic E-state index is 0.231. The Labute approximate surface area is 121 Å². The number of aliphatic hydroxyl groups excluding tert-OH is 1. The van der Waals surface area contributed by atoms with E-state index in [1.54, 1.807) is 0 Å². The summed E-state index contributed by atoms with van der Waals surface area (Å²) in [6.07, 6.45) is 2.11. The molecular weight excluding hydrogens is 248 g/mol. The van der Waals surface area contributed by atoms with Crippen molar-refractivity contribution >= 4 is 10.9 Å². The van der Waals surface area contributed by atoms with E-state index in [0.29, 0.717) is 5.92 Å². The maximum atomic E-state index is 9.21. The number of rotatable bonds is 7. The first-order valence-electron chi connectivity index (χ1n) is 7.49. The number of nitrogens with one attached hydrogen (secondary N) is 1. The number of hydrogen-bond donors (Lipinski definition) is 2. The van der Waals surface area contributed by atoms with Gasteiger partial charge in [-0.15, -0.1) is 0 Å². The third kappa shape index (κ3) is 3.84. The van der Waals surface area contributed by atoms with E-state index in [-0.39, 0.29) is 12.5 Å². The van der Waals surface area contributed by atoms with Gasteiger partial charge >= 0.3 is 0 Å². The van der Waals surface area contributed by atoms with Gasteiger partial charge in [-0.25, -0.2) is 0 Å². The lowest BCUT2D eigenvalue weighted by Crippen LogP contribution is -2.18. The van der Waals surface area contributed by atoms with Gasteiger partial charge in [0.1, 0.15) is 0 Å². The van der Waals surface area contributed by atoms with Gasteiger partial charge < -0.3 is 15.0 Å². The topological polar surface area (TPSA) is 37.2 Å². The zero-order valence-corrected chi connectivity index (χ0v) is 12.8. The summed E-state index contributed by atoms with van der Waals surface area (Å²) in [6.45, 7) is 9.56. The molecule has 0 radical (unpaired) electrons. The summed E-state index contributed by atoms with van der Waals surface area (Å²) in [4.78, 5) is 0. The lowest BCUT2D eigenvalue weighted by Gasteiger charge is -2.12. The van der Waals surface area contributed by atoms with Gasteiger partial charge in [0.15, 0.2) is 0 Å². The Bertz CT molecular complexity index is 545. The molecule has 1 atom stereocenters. The van der Waals surface area contributed by atoms with Crippen molar-refractivity contribution in [3.05, 3.63) is 36.0 Å². The highest BCUT2D eigenvalue weighted by Crippen LogP contribution is 2.19. The second kappa shape index (κ2) is 6.91. The van der Waals surface area contributed by atoms with Gasteiger partial charge in [0.2, 0.25) is 0 Å². The SMILES string of the molecule is CC(C)CNCc1ccc2ccn(CC(C)CO)c2c1. The highest BCUT2D eigenvalue weighted by atomic mass is 16.3. The second-order valence-electron chi connectivity index (χ2n) is 6.17. The van der Waals surface area contributed by atoms with E-state index >= 15 is 0 Å². The van der Waals surface area contributed by atoms with Crippen molar-refractivity contribution in [2.75, 3.05) is 13.2 Å². The maximum absolute atomic E-state index is 9.21. The molecule has 1 aromatic carbocycles. The molecule has 1 unspecified atom stereocenters. The Kier molecular flexibility index (Phi) is 5.21. The molecule has 0 saturated heterocycles. The molecule has 20 heavy (non-hydrogen) atoms. The van der Waals surface area contributed by atoms with Crippen molar-refractivity contribution in [2.45, 2.75) is 33.9 Å². The van der Waals surface area contributed by atoms with Gasteiger partial charge in [-0.05, 0) is 41.5 Å². The molecule has 0 amide bonds. The lowest BCUT2D eigenvalue weighted by atomic mass is 10.1. The number of aromatic nitrogens is 1. The standard InChI is InChI=1S/C17H26N2O/c1-13(2)9-18-10-15-4-5-16-6-7-19(17(16)8-15)11-14(3)12-20/h4-8,13-14,18,20H,9-12H2,1-3H3. The van der Waals surface area contributed by atoms with Gasteiger partial charge in [-0.2, -0.15) is 0 Å². The molecule has 0 aliphatic carbocycles. The smallest absolute Gasteiger partial charge is 0.0483 e. The van der Waals surface area contributed by atoms with Gasteiger partial charge in [-0.3, -0.25) is 0 Å². The molecule has 2 rings (SSSR count). The average molecular weight is 274 g/mol. The van der Waals surface area contributed by atoms with Gasteiger partial charge in [-0.1, -0.05) is 32.9 Å². The van der Waals surface area contributed by atoms with Crippen LogP contribution in [0.2, 0.25) is 0 Å². The van der Waals surface area contributed by atoms with Crippen LogP contribution in [0.1, 0.15) is 26.3 Å². The molecular formula is C17H26N2O. The summed E-state index contributed by atoms with van der Waals surface area (Å²) in [5.41, 5.74) is 2.57. The number of nitrogens with zero attached hydrogens (tertiary/aromatic N) is 1. The summed E-state index contributed by atoms with van der Waals surface area (Å²) >= 11 is 0. The van der Waals surface area contributed by atoms with Gasteiger partial charge in [0.05, 0.1) is 0 Å². The number of fused-ring (bicyclic) bond motifs is 1. The predicted octanol–water partition coefficient (Wildman–Crippen LogP) is 3.02. The molecule has 0 aliphatic heterocycles. The first-order chi connectivity index (χ1) is 9.60. The summed E-state index contributed by atoms with van der Waals surface area (Å²) in [6, 6.07) is 8.77. The van der Waals surface area contributed by atoms with Crippen molar-refractivity contribution in [1.29, 1.82) is 0 Å². The highest BCUT2D eigenvalue weighted by Gasteiger charge is 2.06. The van der Waals surface area contributed by atoms with Crippen molar-refractivity contribution in [3.8, 4) is 0 Å². The summed E-state index contributed by atoms with van der Waals surface area (Å²) < 4.78 is 2.24. The van der Waals surface area contributed by atoms with Crippen LogP contribution in [0.4, 0.5) is 0 Å². The van der Waals surface area contributed by atoms with Crippen LogP contribution in [0.3, 0.4) is 0 Å². The summed E-state index contributed by atoms with van der Waals surface area (Å²) in [5.74, 6) is 0.960. The van der Waals surface area contributed by atoms with Crippen LogP contribution in [-0.2, 0) is 13.1 Å².